The summed E-state index contributed by atoms with van der Waals surface area (Å²) in [5.41, 5.74) is 1.30. The predicted octanol–water partition coefficient (Wildman–Crippen LogP) is 3.87. The Morgan fingerprint density at radius 1 is 1.28 bits per heavy atom. The number of nitrogens with zero attached hydrogens (tertiary/aromatic N) is 1. The molecule has 1 heterocycles. The van der Waals surface area contributed by atoms with Crippen molar-refractivity contribution in [2.24, 2.45) is 0 Å². The SMILES string of the molecule is Cc1cc(C)c2c(CC#N)c(C(F)(F)F)[nH]c2c1. The summed E-state index contributed by atoms with van der Waals surface area (Å²) in [6.45, 7) is 3.58. The standard InChI is InChI=1S/C13H11F3N2/c1-7-5-8(2)11-9(3-4-17)12(13(14,15)16)18-10(11)6-7/h5-6,18H,3H2,1-2H3. The number of benzene rings is 1. The quantitative estimate of drug-likeness (QED) is 0.822. The summed E-state index contributed by atoms with van der Waals surface area (Å²) in [7, 11) is 0. The summed E-state index contributed by atoms with van der Waals surface area (Å²) in [5, 5.41) is 9.21. The number of H-pyrrole nitrogens is 1. The largest absolute Gasteiger partial charge is 0.431 e. The van der Waals surface area contributed by atoms with E-state index in [1.165, 1.54) is 0 Å². The minimum absolute atomic E-state index is 0.0394. The van der Waals surface area contributed by atoms with Gasteiger partial charge in [-0.25, -0.2) is 0 Å². The number of nitrogens with one attached hydrogen (secondary N) is 1. The molecule has 0 amide bonds. The molecule has 0 aliphatic carbocycles. The number of aromatic amines is 1. The van der Waals surface area contributed by atoms with Crippen molar-refractivity contribution in [3.63, 3.8) is 0 Å². The van der Waals surface area contributed by atoms with Crippen LogP contribution in [0.4, 0.5) is 13.2 Å². The average molecular weight is 252 g/mol. The van der Waals surface area contributed by atoms with Crippen molar-refractivity contribution in [1.82, 2.24) is 4.98 Å². The van der Waals surface area contributed by atoms with Crippen LogP contribution in [0.15, 0.2) is 12.1 Å². The van der Waals surface area contributed by atoms with E-state index in [-0.39, 0.29) is 12.0 Å². The Balaban J connectivity index is 2.85. The fraction of sp³-hybridized carbons (Fsp3) is 0.308. The summed E-state index contributed by atoms with van der Waals surface area (Å²) >= 11 is 0. The second-order valence-corrected chi connectivity index (χ2v) is 4.32. The topological polar surface area (TPSA) is 39.6 Å². The molecule has 2 aromatic rings. The molecule has 0 spiro atoms. The van der Waals surface area contributed by atoms with Crippen molar-refractivity contribution in [3.8, 4) is 6.07 Å². The van der Waals surface area contributed by atoms with Crippen molar-refractivity contribution in [1.29, 1.82) is 5.26 Å². The van der Waals surface area contributed by atoms with Gasteiger partial charge >= 0.3 is 6.18 Å². The van der Waals surface area contributed by atoms with Gasteiger partial charge in [-0.15, -0.1) is 0 Å². The van der Waals surface area contributed by atoms with Crippen LogP contribution in [0.3, 0.4) is 0 Å². The Morgan fingerprint density at radius 3 is 2.50 bits per heavy atom. The number of aryl methyl sites for hydroxylation is 2. The van der Waals surface area contributed by atoms with Gasteiger partial charge in [-0.05, 0) is 31.0 Å². The fourth-order valence-electron chi connectivity index (χ4n) is 2.30. The normalized spacial score (nSPS) is 11.8. The van der Waals surface area contributed by atoms with E-state index in [4.69, 9.17) is 5.26 Å². The zero-order valence-corrected chi connectivity index (χ0v) is 9.94. The molecule has 0 bridgehead atoms. The molecule has 2 rings (SSSR count). The molecule has 0 aliphatic heterocycles. The van der Waals surface area contributed by atoms with E-state index in [9.17, 15) is 13.2 Å². The molecule has 0 fully saturated rings. The van der Waals surface area contributed by atoms with E-state index in [2.05, 4.69) is 4.98 Å². The molecule has 2 nitrogen and oxygen atoms in total. The molecule has 0 saturated heterocycles. The second-order valence-electron chi connectivity index (χ2n) is 4.32. The molecular weight excluding hydrogens is 241 g/mol. The van der Waals surface area contributed by atoms with Gasteiger partial charge in [0, 0.05) is 16.5 Å². The van der Waals surface area contributed by atoms with Crippen molar-refractivity contribution in [3.05, 3.63) is 34.5 Å². The lowest BCUT2D eigenvalue weighted by Crippen LogP contribution is -2.08. The monoisotopic (exact) mass is 252 g/mol. The Bertz CT molecular complexity index is 645. The maximum atomic E-state index is 12.9. The van der Waals surface area contributed by atoms with Crippen LogP contribution in [-0.2, 0) is 12.6 Å². The first-order valence-corrected chi connectivity index (χ1v) is 5.40. The third kappa shape index (κ3) is 1.94. The molecule has 0 aliphatic rings. The van der Waals surface area contributed by atoms with Gasteiger partial charge in [0.15, 0.2) is 0 Å². The first kappa shape index (κ1) is 12.5. The molecule has 18 heavy (non-hydrogen) atoms. The Morgan fingerprint density at radius 2 is 1.94 bits per heavy atom. The number of halogens is 3. The Hall–Kier alpha value is -1.96. The number of hydrogen-bond acceptors (Lipinski definition) is 1. The summed E-state index contributed by atoms with van der Waals surface area (Å²) in [6, 6.07) is 5.28. The van der Waals surface area contributed by atoms with E-state index in [0.717, 1.165) is 11.1 Å². The zero-order valence-electron chi connectivity index (χ0n) is 9.94. The maximum absolute atomic E-state index is 12.9. The predicted molar refractivity (Wildman–Crippen MR) is 62.1 cm³/mol. The lowest BCUT2D eigenvalue weighted by molar-refractivity contribution is -0.141. The number of aromatic nitrogens is 1. The molecule has 1 N–H and O–H groups in total. The molecule has 5 heteroatoms. The Kier molecular flexibility index (Phi) is 2.81. The van der Waals surface area contributed by atoms with Crippen LogP contribution in [0.1, 0.15) is 22.4 Å². The maximum Gasteiger partial charge on any atom is 0.431 e. The molecule has 0 saturated carbocycles. The van der Waals surface area contributed by atoms with Crippen LogP contribution < -0.4 is 0 Å². The van der Waals surface area contributed by atoms with E-state index in [1.54, 1.807) is 19.1 Å². The highest BCUT2D eigenvalue weighted by Crippen LogP contribution is 2.37. The van der Waals surface area contributed by atoms with Crippen LogP contribution in [0.25, 0.3) is 10.9 Å². The van der Waals surface area contributed by atoms with Gasteiger partial charge in [0.25, 0.3) is 0 Å². The number of nitriles is 1. The van der Waals surface area contributed by atoms with Gasteiger partial charge in [-0.2, -0.15) is 18.4 Å². The van der Waals surface area contributed by atoms with Crippen molar-refractivity contribution >= 4 is 10.9 Å². The minimum Gasteiger partial charge on any atom is -0.351 e. The van der Waals surface area contributed by atoms with Gasteiger partial charge in [-0.1, -0.05) is 6.07 Å². The number of fused-ring (bicyclic) bond motifs is 1. The highest BCUT2D eigenvalue weighted by Gasteiger charge is 2.36. The fourth-order valence-corrected chi connectivity index (χ4v) is 2.30. The van der Waals surface area contributed by atoms with Gasteiger partial charge < -0.3 is 4.98 Å². The third-order valence-electron chi connectivity index (χ3n) is 2.88. The van der Waals surface area contributed by atoms with Crippen molar-refractivity contribution < 1.29 is 13.2 Å². The van der Waals surface area contributed by atoms with Crippen LogP contribution in [-0.4, -0.2) is 4.98 Å². The van der Waals surface area contributed by atoms with Gasteiger partial charge in [0.1, 0.15) is 5.69 Å². The van der Waals surface area contributed by atoms with E-state index in [0.29, 0.717) is 10.9 Å². The summed E-state index contributed by atoms with van der Waals surface area (Å²) < 4.78 is 38.7. The summed E-state index contributed by atoms with van der Waals surface area (Å²) in [6.07, 6.45) is -4.72. The zero-order chi connectivity index (χ0) is 13.5. The molecular formula is C13H11F3N2. The highest BCUT2D eigenvalue weighted by molar-refractivity contribution is 5.89. The lowest BCUT2D eigenvalue weighted by atomic mass is 10.0. The molecule has 1 aromatic carbocycles. The molecule has 94 valence electrons. The van der Waals surface area contributed by atoms with Crippen molar-refractivity contribution in [2.75, 3.05) is 0 Å². The minimum atomic E-state index is -4.47. The number of alkyl halides is 3. The molecule has 0 unspecified atom stereocenters. The Labute approximate surface area is 102 Å². The summed E-state index contributed by atoms with van der Waals surface area (Å²) in [5.74, 6) is 0. The van der Waals surface area contributed by atoms with Gasteiger partial charge in [0.2, 0.25) is 0 Å². The van der Waals surface area contributed by atoms with Crippen LogP contribution in [0.5, 0.6) is 0 Å². The first-order chi connectivity index (χ1) is 8.34. The number of hydrogen-bond donors (Lipinski definition) is 1. The average Bonchev–Trinajstić information content (AvgIpc) is 2.57. The van der Waals surface area contributed by atoms with E-state index >= 15 is 0 Å². The molecule has 0 radical (unpaired) electrons. The van der Waals surface area contributed by atoms with Crippen LogP contribution in [0.2, 0.25) is 0 Å². The summed E-state index contributed by atoms with van der Waals surface area (Å²) in [4.78, 5) is 2.39. The van der Waals surface area contributed by atoms with E-state index < -0.39 is 11.9 Å². The second kappa shape index (κ2) is 4.05. The van der Waals surface area contributed by atoms with Gasteiger partial charge in [0.05, 0.1) is 12.5 Å². The highest BCUT2D eigenvalue weighted by atomic mass is 19.4. The third-order valence-corrected chi connectivity index (χ3v) is 2.88. The van der Waals surface area contributed by atoms with Crippen molar-refractivity contribution in [2.45, 2.75) is 26.4 Å². The lowest BCUT2D eigenvalue weighted by Gasteiger charge is -2.06. The van der Waals surface area contributed by atoms with E-state index in [1.807, 2.05) is 13.0 Å². The molecule has 1 aromatic heterocycles. The number of rotatable bonds is 1. The smallest absolute Gasteiger partial charge is 0.351 e. The van der Waals surface area contributed by atoms with Crippen LogP contribution >= 0.6 is 0 Å². The van der Waals surface area contributed by atoms with Crippen LogP contribution in [0, 0.1) is 25.2 Å². The molecule has 0 atom stereocenters. The van der Waals surface area contributed by atoms with Gasteiger partial charge in [-0.3, -0.25) is 0 Å². The first-order valence-electron chi connectivity index (χ1n) is 5.40.